The van der Waals surface area contributed by atoms with Gasteiger partial charge in [-0.1, -0.05) is 42.1 Å². The van der Waals surface area contributed by atoms with Crippen molar-refractivity contribution >= 4 is 55.0 Å². The van der Waals surface area contributed by atoms with Gasteiger partial charge in [-0.25, -0.2) is 9.97 Å². The number of nitrogens with zero attached hydrogens (tertiary/aromatic N) is 2. The molecule has 26 heavy (non-hydrogen) atoms. The Labute approximate surface area is 158 Å². The zero-order valence-electron chi connectivity index (χ0n) is 13.9. The molecule has 1 amide bonds. The number of ether oxygens (including phenoxy) is 1. The molecule has 0 aliphatic rings. The van der Waals surface area contributed by atoms with Crippen molar-refractivity contribution in [2.24, 2.45) is 0 Å². The van der Waals surface area contributed by atoms with Gasteiger partial charge in [-0.15, -0.1) is 11.3 Å². The molecule has 2 aromatic carbocycles. The molecule has 0 saturated carbocycles. The van der Waals surface area contributed by atoms with Crippen molar-refractivity contribution in [1.82, 2.24) is 9.97 Å². The number of thioether (sulfide) groups is 1. The number of anilines is 1. The first-order valence-electron chi connectivity index (χ1n) is 7.94. The molecule has 2 aromatic heterocycles. The standard InChI is InChI=1S/C19H15N3O2S2/c1-24-14-8-4-3-7-13(14)22-16(23)10-25-19-18-17(20-11-21-19)12-6-2-5-9-15(12)26-18/h2-9,11H,10H2,1H3,(H,22,23). The molecule has 5 nitrogen and oxygen atoms in total. The van der Waals surface area contributed by atoms with E-state index >= 15 is 0 Å². The topological polar surface area (TPSA) is 64.1 Å². The minimum absolute atomic E-state index is 0.104. The van der Waals surface area contributed by atoms with Crippen LogP contribution in [0, 0.1) is 0 Å². The fourth-order valence-electron chi connectivity index (χ4n) is 2.67. The van der Waals surface area contributed by atoms with Crippen LogP contribution in [0.3, 0.4) is 0 Å². The van der Waals surface area contributed by atoms with Crippen molar-refractivity contribution in [3.8, 4) is 5.75 Å². The van der Waals surface area contributed by atoms with Crippen molar-refractivity contribution in [2.45, 2.75) is 5.03 Å². The van der Waals surface area contributed by atoms with E-state index in [1.54, 1.807) is 24.8 Å². The molecule has 0 spiro atoms. The summed E-state index contributed by atoms with van der Waals surface area (Å²) in [6.45, 7) is 0. The van der Waals surface area contributed by atoms with Crippen LogP contribution in [0.25, 0.3) is 20.3 Å². The second-order valence-corrected chi connectivity index (χ2v) is 7.51. The summed E-state index contributed by atoms with van der Waals surface area (Å²) in [5.41, 5.74) is 1.60. The Morgan fingerprint density at radius 1 is 1.15 bits per heavy atom. The maximum Gasteiger partial charge on any atom is 0.234 e. The van der Waals surface area contributed by atoms with Gasteiger partial charge in [0.15, 0.2) is 0 Å². The highest BCUT2D eigenvalue weighted by atomic mass is 32.2. The summed E-state index contributed by atoms with van der Waals surface area (Å²) in [5.74, 6) is 0.797. The zero-order chi connectivity index (χ0) is 17.9. The molecule has 0 saturated heterocycles. The Hall–Kier alpha value is -2.64. The third-order valence-corrected chi connectivity index (χ3v) is 6.13. The number of amides is 1. The Morgan fingerprint density at radius 2 is 1.96 bits per heavy atom. The minimum atomic E-state index is -0.104. The molecule has 0 unspecified atom stereocenters. The van der Waals surface area contributed by atoms with Crippen LogP contribution in [0.15, 0.2) is 59.9 Å². The monoisotopic (exact) mass is 381 g/mol. The molecule has 0 fully saturated rings. The summed E-state index contributed by atoms with van der Waals surface area (Å²) in [4.78, 5) is 21.1. The van der Waals surface area contributed by atoms with Crippen LogP contribution < -0.4 is 10.1 Å². The molecular formula is C19H15N3O2S2. The fourth-order valence-corrected chi connectivity index (χ4v) is 4.71. The molecular weight excluding hydrogens is 366 g/mol. The highest BCUT2D eigenvalue weighted by Crippen LogP contribution is 2.37. The van der Waals surface area contributed by atoms with E-state index in [1.165, 1.54) is 16.5 Å². The summed E-state index contributed by atoms with van der Waals surface area (Å²) >= 11 is 3.06. The largest absolute Gasteiger partial charge is 0.495 e. The van der Waals surface area contributed by atoms with E-state index in [-0.39, 0.29) is 11.7 Å². The first-order valence-corrected chi connectivity index (χ1v) is 9.74. The van der Waals surface area contributed by atoms with Gasteiger partial charge < -0.3 is 10.1 Å². The van der Waals surface area contributed by atoms with Gasteiger partial charge in [0.05, 0.1) is 28.8 Å². The van der Waals surface area contributed by atoms with Gasteiger partial charge in [-0.3, -0.25) is 4.79 Å². The maximum absolute atomic E-state index is 12.3. The van der Waals surface area contributed by atoms with Crippen LogP contribution >= 0.6 is 23.1 Å². The van der Waals surface area contributed by atoms with Gasteiger partial charge in [0, 0.05) is 10.1 Å². The molecule has 0 bridgehead atoms. The summed E-state index contributed by atoms with van der Waals surface area (Å²) < 4.78 is 7.45. The first kappa shape index (κ1) is 16.8. The lowest BCUT2D eigenvalue weighted by atomic mass is 10.2. The van der Waals surface area contributed by atoms with E-state index in [2.05, 4.69) is 27.4 Å². The van der Waals surface area contributed by atoms with Crippen LogP contribution in [-0.2, 0) is 4.79 Å². The lowest BCUT2D eigenvalue weighted by Gasteiger charge is -2.09. The average Bonchev–Trinajstić information content (AvgIpc) is 3.06. The average molecular weight is 381 g/mol. The van der Waals surface area contributed by atoms with E-state index in [1.807, 2.05) is 36.4 Å². The zero-order valence-corrected chi connectivity index (χ0v) is 15.6. The second-order valence-electron chi connectivity index (χ2n) is 5.49. The van der Waals surface area contributed by atoms with Gasteiger partial charge in [0.2, 0.25) is 5.91 Å². The Kier molecular flexibility index (Phi) is 4.73. The number of fused-ring (bicyclic) bond motifs is 3. The van der Waals surface area contributed by atoms with Crippen LogP contribution in [0.4, 0.5) is 5.69 Å². The van der Waals surface area contributed by atoms with Gasteiger partial charge in [-0.05, 0) is 18.2 Å². The third-order valence-electron chi connectivity index (χ3n) is 3.85. The lowest BCUT2D eigenvalue weighted by Crippen LogP contribution is -2.14. The molecule has 0 radical (unpaired) electrons. The van der Waals surface area contributed by atoms with Crippen molar-refractivity contribution in [1.29, 1.82) is 0 Å². The lowest BCUT2D eigenvalue weighted by molar-refractivity contribution is -0.113. The predicted molar refractivity (Wildman–Crippen MR) is 107 cm³/mol. The van der Waals surface area contributed by atoms with E-state index in [0.717, 1.165) is 20.6 Å². The Balaban J connectivity index is 1.53. The van der Waals surface area contributed by atoms with Gasteiger partial charge in [-0.2, -0.15) is 0 Å². The first-order chi connectivity index (χ1) is 12.8. The number of hydrogen-bond acceptors (Lipinski definition) is 6. The number of thiophene rings is 1. The number of benzene rings is 2. The Morgan fingerprint density at radius 3 is 2.85 bits per heavy atom. The fraction of sp³-hybridized carbons (Fsp3) is 0.105. The summed E-state index contributed by atoms with van der Waals surface area (Å²) in [5, 5.41) is 4.83. The second kappa shape index (κ2) is 7.31. The number of rotatable bonds is 5. The van der Waals surface area contributed by atoms with Gasteiger partial charge in [0.25, 0.3) is 0 Å². The highest BCUT2D eigenvalue weighted by Gasteiger charge is 2.13. The number of nitrogens with one attached hydrogen (secondary N) is 1. The molecule has 0 atom stereocenters. The number of para-hydroxylation sites is 2. The van der Waals surface area contributed by atoms with Crippen LogP contribution in [-0.4, -0.2) is 28.7 Å². The molecule has 1 N–H and O–H groups in total. The highest BCUT2D eigenvalue weighted by molar-refractivity contribution is 8.00. The van der Waals surface area contributed by atoms with Crippen molar-refractivity contribution in [3.63, 3.8) is 0 Å². The van der Waals surface area contributed by atoms with Crippen molar-refractivity contribution in [3.05, 3.63) is 54.9 Å². The number of carbonyl (C=O) groups is 1. The number of aromatic nitrogens is 2. The number of hydrogen-bond donors (Lipinski definition) is 1. The van der Waals surface area contributed by atoms with Crippen molar-refractivity contribution < 1.29 is 9.53 Å². The molecule has 0 aliphatic carbocycles. The Bertz CT molecular complexity index is 1090. The minimum Gasteiger partial charge on any atom is -0.495 e. The van der Waals surface area contributed by atoms with Crippen molar-refractivity contribution in [2.75, 3.05) is 18.2 Å². The van der Waals surface area contributed by atoms with Crippen LogP contribution in [0.1, 0.15) is 0 Å². The summed E-state index contributed by atoms with van der Waals surface area (Å²) in [7, 11) is 1.58. The molecule has 4 rings (SSSR count). The van der Waals surface area contributed by atoms with E-state index in [0.29, 0.717) is 11.4 Å². The maximum atomic E-state index is 12.3. The quantitative estimate of drug-likeness (QED) is 0.405. The normalized spacial score (nSPS) is 11.0. The number of carbonyl (C=O) groups excluding carboxylic acids is 1. The van der Waals surface area contributed by atoms with E-state index in [4.69, 9.17) is 4.74 Å². The van der Waals surface area contributed by atoms with Crippen LogP contribution in [0.2, 0.25) is 0 Å². The molecule has 2 heterocycles. The van der Waals surface area contributed by atoms with Gasteiger partial charge >= 0.3 is 0 Å². The van der Waals surface area contributed by atoms with Crippen LogP contribution in [0.5, 0.6) is 5.75 Å². The molecule has 130 valence electrons. The molecule has 4 aromatic rings. The SMILES string of the molecule is COc1ccccc1NC(=O)CSc1ncnc2c1sc1ccccc12. The smallest absolute Gasteiger partial charge is 0.234 e. The summed E-state index contributed by atoms with van der Waals surface area (Å²) in [6, 6.07) is 15.5. The third kappa shape index (κ3) is 3.23. The van der Waals surface area contributed by atoms with E-state index < -0.39 is 0 Å². The summed E-state index contributed by atoms with van der Waals surface area (Å²) in [6.07, 6.45) is 1.56. The molecule has 7 heteroatoms. The van der Waals surface area contributed by atoms with Gasteiger partial charge in [0.1, 0.15) is 17.1 Å². The molecule has 0 aliphatic heterocycles. The number of methoxy groups -OCH3 is 1. The van der Waals surface area contributed by atoms with E-state index in [9.17, 15) is 4.79 Å². The predicted octanol–water partition coefficient (Wildman–Crippen LogP) is 4.58.